The number of amidine groups is 1. The Hall–Kier alpha value is -4.08. The van der Waals surface area contributed by atoms with Crippen LogP contribution in [0.5, 0.6) is 11.5 Å². The standard InChI is InChI=1S/C32H42N4O6/c1-7-40-27-15-20-17-35(30(33)21(20)16-22(27)31(39)34-6)18-26(37)24-13-10-14-36(24)25-12-9-11-23(32(3,4)5)29(25)42-19-28(38)41-8-2/h9,11-12,15-16,24,33H,7-8,10,13-14,17-19H2,1-6H3,(H,34,39). The summed E-state index contributed by atoms with van der Waals surface area (Å²) < 4.78 is 16.9. The Morgan fingerprint density at radius 3 is 2.52 bits per heavy atom. The van der Waals surface area contributed by atoms with Gasteiger partial charge in [-0.05, 0) is 55.9 Å². The van der Waals surface area contributed by atoms with Crippen molar-refractivity contribution in [1.29, 1.82) is 5.41 Å². The first-order valence-electron chi connectivity index (χ1n) is 14.6. The number of nitrogens with one attached hydrogen (secondary N) is 2. The van der Waals surface area contributed by atoms with Crippen LogP contribution in [0.25, 0.3) is 0 Å². The van der Waals surface area contributed by atoms with E-state index < -0.39 is 12.0 Å². The van der Waals surface area contributed by atoms with Crippen LogP contribution in [0.2, 0.25) is 0 Å². The van der Waals surface area contributed by atoms with E-state index in [4.69, 9.17) is 19.6 Å². The number of fused-ring (bicyclic) bond motifs is 1. The molecule has 10 nitrogen and oxygen atoms in total. The highest BCUT2D eigenvalue weighted by molar-refractivity contribution is 6.06. The number of para-hydroxylation sites is 1. The molecule has 10 heteroatoms. The van der Waals surface area contributed by atoms with E-state index in [2.05, 4.69) is 31.0 Å². The monoisotopic (exact) mass is 578 g/mol. The van der Waals surface area contributed by atoms with Crippen molar-refractivity contribution < 1.29 is 28.6 Å². The fourth-order valence-electron chi connectivity index (χ4n) is 5.66. The van der Waals surface area contributed by atoms with Crippen LogP contribution in [0, 0.1) is 5.41 Å². The maximum Gasteiger partial charge on any atom is 0.344 e. The average Bonchev–Trinajstić information content (AvgIpc) is 3.55. The van der Waals surface area contributed by atoms with Gasteiger partial charge in [0.05, 0.1) is 37.1 Å². The van der Waals surface area contributed by atoms with Gasteiger partial charge in [-0.15, -0.1) is 0 Å². The molecule has 42 heavy (non-hydrogen) atoms. The first-order chi connectivity index (χ1) is 20.0. The van der Waals surface area contributed by atoms with Crippen LogP contribution < -0.4 is 19.7 Å². The number of anilines is 1. The molecule has 2 aromatic carbocycles. The van der Waals surface area contributed by atoms with Crippen LogP contribution in [0.15, 0.2) is 30.3 Å². The Morgan fingerprint density at radius 2 is 1.86 bits per heavy atom. The topological polar surface area (TPSA) is 121 Å². The van der Waals surface area contributed by atoms with Crippen molar-refractivity contribution in [2.24, 2.45) is 0 Å². The third-order valence-corrected chi connectivity index (χ3v) is 7.63. The van der Waals surface area contributed by atoms with Crippen molar-refractivity contribution in [2.45, 2.75) is 65.5 Å². The van der Waals surface area contributed by atoms with E-state index in [0.29, 0.717) is 48.7 Å². The highest BCUT2D eigenvalue weighted by Crippen LogP contribution is 2.42. The van der Waals surface area contributed by atoms with E-state index in [9.17, 15) is 14.4 Å². The second-order valence-corrected chi connectivity index (χ2v) is 11.5. The second-order valence-electron chi connectivity index (χ2n) is 11.5. The molecule has 1 saturated heterocycles. The third-order valence-electron chi connectivity index (χ3n) is 7.63. The summed E-state index contributed by atoms with van der Waals surface area (Å²) in [6, 6.07) is 8.96. The number of amides is 1. The van der Waals surface area contributed by atoms with Gasteiger partial charge in [0.15, 0.2) is 12.4 Å². The lowest BCUT2D eigenvalue weighted by Crippen LogP contribution is -2.42. The molecule has 4 rings (SSSR count). The molecule has 1 fully saturated rings. The lowest BCUT2D eigenvalue weighted by molar-refractivity contribution is -0.145. The molecule has 0 aliphatic carbocycles. The van der Waals surface area contributed by atoms with Gasteiger partial charge >= 0.3 is 5.97 Å². The van der Waals surface area contributed by atoms with Crippen LogP contribution in [0.1, 0.15) is 74.5 Å². The molecule has 2 aliphatic rings. The lowest BCUT2D eigenvalue weighted by atomic mass is 9.85. The van der Waals surface area contributed by atoms with E-state index in [1.54, 1.807) is 31.0 Å². The maximum atomic E-state index is 13.8. The van der Waals surface area contributed by atoms with E-state index in [-0.39, 0.29) is 42.7 Å². The van der Waals surface area contributed by atoms with Crippen LogP contribution >= 0.6 is 0 Å². The zero-order chi connectivity index (χ0) is 30.6. The minimum atomic E-state index is -0.444. The number of carbonyl (C=O) groups is 3. The van der Waals surface area contributed by atoms with Crippen molar-refractivity contribution in [2.75, 3.05) is 44.9 Å². The molecule has 2 heterocycles. The number of rotatable bonds is 11. The molecule has 0 radical (unpaired) electrons. The SMILES string of the molecule is CCOC(=O)COc1c(N2CCCC2C(=O)CN2Cc3cc(OCC)c(C(=O)NC)cc3C2=N)cccc1C(C)(C)C. The predicted molar refractivity (Wildman–Crippen MR) is 161 cm³/mol. The van der Waals surface area contributed by atoms with Gasteiger partial charge in [-0.25, -0.2) is 4.79 Å². The zero-order valence-corrected chi connectivity index (χ0v) is 25.5. The summed E-state index contributed by atoms with van der Waals surface area (Å²) in [5.41, 5.74) is 3.30. The highest BCUT2D eigenvalue weighted by Gasteiger charge is 2.37. The summed E-state index contributed by atoms with van der Waals surface area (Å²) in [4.78, 5) is 42.3. The Balaban J connectivity index is 1.57. The molecule has 2 aliphatic heterocycles. The van der Waals surface area contributed by atoms with Gasteiger partial charge < -0.3 is 29.3 Å². The first-order valence-corrected chi connectivity index (χ1v) is 14.6. The van der Waals surface area contributed by atoms with E-state index in [1.165, 1.54) is 0 Å². The lowest BCUT2D eigenvalue weighted by Gasteiger charge is -2.32. The van der Waals surface area contributed by atoms with Crippen LogP contribution in [-0.2, 0) is 26.3 Å². The quantitative estimate of drug-likeness (QED) is 0.383. The molecular formula is C32H42N4O6. The van der Waals surface area contributed by atoms with Gasteiger partial charge in [0.1, 0.15) is 17.3 Å². The highest BCUT2D eigenvalue weighted by atomic mass is 16.6. The first kappa shape index (κ1) is 30.9. The van der Waals surface area contributed by atoms with Crippen molar-refractivity contribution >= 4 is 29.2 Å². The van der Waals surface area contributed by atoms with Gasteiger partial charge in [-0.2, -0.15) is 0 Å². The van der Waals surface area contributed by atoms with Crippen molar-refractivity contribution in [1.82, 2.24) is 10.2 Å². The van der Waals surface area contributed by atoms with Crippen molar-refractivity contribution in [3.8, 4) is 11.5 Å². The Morgan fingerprint density at radius 1 is 1.10 bits per heavy atom. The molecule has 0 saturated carbocycles. The van der Waals surface area contributed by atoms with Crippen LogP contribution in [-0.4, -0.2) is 74.4 Å². The van der Waals surface area contributed by atoms with Crippen molar-refractivity contribution in [3.63, 3.8) is 0 Å². The summed E-state index contributed by atoms with van der Waals surface area (Å²) in [7, 11) is 1.55. The normalized spacial score (nSPS) is 16.3. The smallest absolute Gasteiger partial charge is 0.344 e. The van der Waals surface area contributed by atoms with Crippen LogP contribution in [0.4, 0.5) is 5.69 Å². The summed E-state index contributed by atoms with van der Waals surface area (Å²) in [5.74, 6) is 0.532. The number of Topliss-reactive ketones (excluding diaryl/α,β-unsaturated/α-hetero) is 1. The second kappa shape index (κ2) is 12.8. The average molecular weight is 579 g/mol. The Bertz CT molecular complexity index is 1370. The van der Waals surface area contributed by atoms with Gasteiger partial charge in [-0.3, -0.25) is 15.0 Å². The number of ether oxygens (including phenoxy) is 3. The number of ketones is 1. The van der Waals surface area contributed by atoms with Gasteiger partial charge in [0.25, 0.3) is 5.91 Å². The van der Waals surface area contributed by atoms with E-state index >= 15 is 0 Å². The molecule has 1 atom stereocenters. The van der Waals surface area contributed by atoms with E-state index in [1.807, 2.05) is 25.1 Å². The molecule has 2 N–H and O–H groups in total. The minimum absolute atomic E-state index is 0.000818. The molecule has 226 valence electrons. The fourth-order valence-corrected chi connectivity index (χ4v) is 5.66. The largest absolute Gasteiger partial charge is 0.493 e. The number of esters is 1. The number of benzene rings is 2. The number of hydrogen-bond donors (Lipinski definition) is 2. The molecule has 0 spiro atoms. The number of carbonyl (C=O) groups excluding carboxylic acids is 3. The third kappa shape index (κ3) is 6.37. The summed E-state index contributed by atoms with van der Waals surface area (Å²) in [6.07, 6.45) is 1.51. The van der Waals surface area contributed by atoms with Gasteiger partial charge in [0, 0.05) is 31.3 Å². The summed E-state index contributed by atoms with van der Waals surface area (Å²) in [5, 5.41) is 11.4. The Labute approximate surface area is 247 Å². The molecular weight excluding hydrogens is 536 g/mol. The predicted octanol–water partition coefficient (Wildman–Crippen LogP) is 4.06. The van der Waals surface area contributed by atoms with Gasteiger partial charge in [-0.1, -0.05) is 32.9 Å². The molecule has 1 amide bonds. The maximum absolute atomic E-state index is 13.8. The van der Waals surface area contributed by atoms with Crippen molar-refractivity contribution in [3.05, 3.63) is 52.6 Å². The summed E-state index contributed by atoms with van der Waals surface area (Å²) in [6.45, 7) is 11.4. The minimum Gasteiger partial charge on any atom is -0.493 e. The van der Waals surface area contributed by atoms with Crippen LogP contribution in [0.3, 0.4) is 0 Å². The summed E-state index contributed by atoms with van der Waals surface area (Å²) >= 11 is 0. The fraction of sp³-hybridized carbons (Fsp3) is 0.500. The number of hydrogen-bond acceptors (Lipinski definition) is 8. The molecule has 0 bridgehead atoms. The molecule has 0 aromatic heterocycles. The Kier molecular flexibility index (Phi) is 9.43. The molecule has 1 unspecified atom stereocenters. The number of nitrogens with zero attached hydrogens (tertiary/aromatic N) is 2. The van der Waals surface area contributed by atoms with Gasteiger partial charge in [0.2, 0.25) is 0 Å². The molecule has 2 aromatic rings. The van der Waals surface area contributed by atoms with E-state index in [0.717, 1.165) is 23.2 Å². The zero-order valence-electron chi connectivity index (χ0n) is 25.5.